The van der Waals surface area contributed by atoms with E-state index in [1.54, 1.807) is 6.92 Å². The zero-order valence-corrected chi connectivity index (χ0v) is 8.49. The first-order chi connectivity index (χ1) is 7.09. The molecule has 0 spiro atoms. The number of aromatic nitrogens is 3. The second-order valence-corrected chi connectivity index (χ2v) is 3.32. The first-order valence-electron chi connectivity index (χ1n) is 4.10. The molecule has 0 fully saturated rings. The fourth-order valence-electron chi connectivity index (χ4n) is 1.21. The lowest BCUT2D eigenvalue weighted by atomic mass is 10.2. The highest BCUT2D eigenvalue weighted by atomic mass is 35.5. The van der Waals surface area contributed by atoms with E-state index >= 15 is 0 Å². The Hall–Kier alpha value is -1.75. The molecular formula is C9H6ClN3O2. The van der Waals surface area contributed by atoms with E-state index in [0.717, 1.165) is 0 Å². The van der Waals surface area contributed by atoms with Crippen LogP contribution in [-0.4, -0.2) is 26.0 Å². The van der Waals surface area contributed by atoms with Gasteiger partial charge in [0, 0.05) is 11.6 Å². The van der Waals surface area contributed by atoms with Crippen LogP contribution in [0.3, 0.4) is 0 Å². The summed E-state index contributed by atoms with van der Waals surface area (Å²) in [4.78, 5) is 22.5. The normalized spacial score (nSPS) is 10.5. The number of aryl methyl sites for hydroxylation is 1. The average molecular weight is 224 g/mol. The molecule has 15 heavy (non-hydrogen) atoms. The van der Waals surface area contributed by atoms with Crippen molar-refractivity contribution in [1.82, 2.24) is 15.0 Å². The Morgan fingerprint density at radius 1 is 1.40 bits per heavy atom. The summed E-state index contributed by atoms with van der Waals surface area (Å²) in [6.45, 7) is 1.73. The van der Waals surface area contributed by atoms with Gasteiger partial charge in [-0.15, -0.1) is 0 Å². The zero-order valence-electron chi connectivity index (χ0n) is 7.73. The molecule has 0 saturated carbocycles. The van der Waals surface area contributed by atoms with Gasteiger partial charge in [0.1, 0.15) is 5.82 Å². The van der Waals surface area contributed by atoms with Crippen molar-refractivity contribution in [2.45, 2.75) is 6.92 Å². The molecule has 0 radical (unpaired) electrons. The number of nitrogens with zero attached hydrogens (tertiary/aromatic N) is 3. The van der Waals surface area contributed by atoms with Gasteiger partial charge in [-0.3, -0.25) is 0 Å². The van der Waals surface area contributed by atoms with Gasteiger partial charge in [-0.25, -0.2) is 19.7 Å². The number of hydrogen-bond donors (Lipinski definition) is 1. The maximum absolute atomic E-state index is 10.7. The molecule has 0 amide bonds. The highest BCUT2D eigenvalue weighted by Gasteiger charge is 2.14. The molecule has 5 nitrogen and oxygen atoms in total. The van der Waals surface area contributed by atoms with Crippen LogP contribution in [0.4, 0.5) is 0 Å². The molecule has 0 aromatic carbocycles. The average Bonchev–Trinajstić information content (AvgIpc) is 2.17. The first-order valence-corrected chi connectivity index (χ1v) is 4.48. The van der Waals surface area contributed by atoms with Crippen molar-refractivity contribution < 1.29 is 9.90 Å². The van der Waals surface area contributed by atoms with Gasteiger partial charge in [0.05, 0.1) is 16.7 Å². The zero-order chi connectivity index (χ0) is 11.0. The molecular weight excluding hydrogens is 218 g/mol. The molecule has 2 rings (SSSR count). The van der Waals surface area contributed by atoms with E-state index in [9.17, 15) is 4.79 Å². The van der Waals surface area contributed by atoms with Crippen LogP contribution in [0, 0.1) is 6.92 Å². The van der Waals surface area contributed by atoms with Crippen molar-refractivity contribution in [3.05, 3.63) is 28.9 Å². The molecule has 0 aliphatic carbocycles. The van der Waals surface area contributed by atoms with Gasteiger partial charge >= 0.3 is 5.97 Å². The predicted molar refractivity (Wildman–Crippen MR) is 54.0 cm³/mol. The van der Waals surface area contributed by atoms with E-state index < -0.39 is 5.97 Å². The lowest BCUT2D eigenvalue weighted by molar-refractivity contribution is 0.0691. The monoisotopic (exact) mass is 223 g/mol. The standard InChI is InChI=1S/C9H6ClN3O2/c1-4-11-2-5-6(13-4)3-12-8(7(5)10)9(14)15/h2-3H,1H3,(H,14,15). The van der Waals surface area contributed by atoms with Crippen LogP contribution in [-0.2, 0) is 0 Å². The quantitative estimate of drug-likeness (QED) is 0.796. The number of pyridine rings is 1. The van der Waals surface area contributed by atoms with Crippen molar-refractivity contribution in [2.24, 2.45) is 0 Å². The Bertz CT molecular complexity index is 556. The van der Waals surface area contributed by atoms with Gasteiger partial charge < -0.3 is 5.11 Å². The lowest BCUT2D eigenvalue weighted by Crippen LogP contribution is -2.02. The molecule has 0 saturated heterocycles. The van der Waals surface area contributed by atoms with Crippen LogP contribution >= 0.6 is 11.6 Å². The van der Waals surface area contributed by atoms with E-state index in [-0.39, 0.29) is 10.7 Å². The number of carboxylic acids is 1. The number of rotatable bonds is 1. The van der Waals surface area contributed by atoms with Crippen LogP contribution in [0.2, 0.25) is 5.02 Å². The Morgan fingerprint density at radius 2 is 2.13 bits per heavy atom. The molecule has 2 aromatic heterocycles. The Balaban J connectivity index is 2.80. The minimum absolute atomic E-state index is 0.0694. The molecule has 0 aliphatic rings. The summed E-state index contributed by atoms with van der Waals surface area (Å²) in [5.74, 6) is -0.578. The minimum Gasteiger partial charge on any atom is -0.476 e. The topological polar surface area (TPSA) is 76.0 Å². The SMILES string of the molecule is Cc1ncc2c(Cl)c(C(=O)O)ncc2n1. The van der Waals surface area contributed by atoms with Crippen molar-refractivity contribution in [3.63, 3.8) is 0 Å². The third-order valence-electron chi connectivity index (χ3n) is 1.90. The van der Waals surface area contributed by atoms with Crippen LogP contribution in [0.1, 0.15) is 16.3 Å². The molecule has 0 aliphatic heterocycles. The van der Waals surface area contributed by atoms with Gasteiger partial charge in [-0.2, -0.15) is 0 Å². The van der Waals surface area contributed by atoms with E-state index in [2.05, 4.69) is 15.0 Å². The number of aromatic carboxylic acids is 1. The summed E-state index contributed by atoms with van der Waals surface area (Å²) in [5, 5.41) is 9.36. The van der Waals surface area contributed by atoms with Crippen LogP contribution in [0.15, 0.2) is 12.4 Å². The maximum Gasteiger partial charge on any atom is 0.356 e. The molecule has 1 N–H and O–H groups in total. The number of carbonyl (C=O) groups is 1. The second-order valence-electron chi connectivity index (χ2n) is 2.94. The Morgan fingerprint density at radius 3 is 2.80 bits per heavy atom. The third-order valence-corrected chi connectivity index (χ3v) is 2.28. The molecule has 0 bridgehead atoms. The van der Waals surface area contributed by atoms with Gasteiger partial charge in [0.25, 0.3) is 0 Å². The molecule has 76 valence electrons. The van der Waals surface area contributed by atoms with Crippen molar-refractivity contribution in [3.8, 4) is 0 Å². The summed E-state index contributed by atoms with van der Waals surface area (Å²) in [7, 11) is 0. The second kappa shape index (κ2) is 3.43. The number of carboxylic acid groups (broad SMARTS) is 1. The smallest absolute Gasteiger partial charge is 0.356 e. The first kappa shape index (κ1) is 9.79. The van der Waals surface area contributed by atoms with Gasteiger partial charge in [0.2, 0.25) is 0 Å². The number of fused-ring (bicyclic) bond motifs is 1. The summed E-state index contributed by atoms with van der Waals surface area (Å²) < 4.78 is 0. The predicted octanol–water partition coefficient (Wildman–Crippen LogP) is 1.68. The van der Waals surface area contributed by atoms with Crippen molar-refractivity contribution >= 4 is 28.5 Å². The van der Waals surface area contributed by atoms with Crippen LogP contribution in [0.5, 0.6) is 0 Å². The van der Waals surface area contributed by atoms with Crippen LogP contribution in [0.25, 0.3) is 10.9 Å². The minimum atomic E-state index is -1.16. The van der Waals surface area contributed by atoms with E-state index in [1.165, 1.54) is 12.4 Å². The summed E-state index contributed by atoms with van der Waals surface area (Å²) in [6, 6.07) is 0. The lowest BCUT2D eigenvalue weighted by Gasteiger charge is -2.02. The number of halogens is 1. The van der Waals surface area contributed by atoms with Gasteiger partial charge in [0.15, 0.2) is 5.69 Å². The molecule has 2 aromatic rings. The van der Waals surface area contributed by atoms with Crippen molar-refractivity contribution in [1.29, 1.82) is 0 Å². The Kier molecular flexibility index (Phi) is 2.24. The largest absolute Gasteiger partial charge is 0.476 e. The molecule has 0 unspecified atom stereocenters. The highest BCUT2D eigenvalue weighted by Crippen LogP contribution is 2.23. The molecule has 0 atom stereocenters. The molecule has 6 heteroatoms. The van der Waals surface area contributed by atoms with E-state index in [4.69, 9.17) is 16.7 Å². The van der Waals surface area contributed by atoms with E-state index in [0.29, 0.717) is 16.7 Å². The summed E-state index contributed by atoms with van der Waals surface area (Å²) in [6.07, 6.45) is 2.87. The van der Waals surface area contributed by atoms with Crippen molar-refractivity contribution in [2.75, 3.05) is 0 Å². The van der Waals surface area contributed by atoms with E-state index in [1.807, 2.05) is 0 Å². The highest BCUT2D eigenvalue weighted by molar-refractivity contribution is 6.37. The fraction of sp³-hybridized carbons (Fsp3) is 0.111. The van der Waals surface area contributed by atoms with Gasteiger partial charge in [-0.05, 0) is 6.92 Å². The maximum atomic E-state index is 10.7. The molecule has 2 heterocycles. The summed E-state index contributed by atoms with van der Waals surface area (Å²) >= 11 is 5.87. The Labute approximate surface area is 89.8 Å². The van der Waals surface area contributed by atoms with Crippen LogP contribution < -0.4 is 0 Å². The summed E-state index contributed by atoms with van der Waals surface area (Å²) in [5.41, 5.74) is 0.356. The number of hydrogen-bond acceptors (Lipinski definition) is 4. The van der Waals surface area contributed by atoms with Gasteiger partial charge in [-0.1, -0.05) is 11.6 Å². The third kappa shape index (κ3) is 1.61. The fourth-order valence-corrected chi connectivity index (χ4v) is 1.49.